The predicted octanol–water partition coefficient (Wildman–Crippen LogP) is 2.31. The van der Waals surface area contributed by atoms with Crippen molar-refractivity contribution in [2.75, 3.05) is 18.5 Å². The van der Waals surface area contributed by atoms with Gasteiger partial charge in [-0.05, 0) is 30.3 Å². The smallest absolute Gasteiger partial charge is 0.335 e. The molecule has 0 saturated carbocycles. The molecular weight excluding hydrogens is 318 g/mol. The van der Waals surface area contributed by atoms with Crippen LogP contribution in [0.5, 0.6) is 0 Å². The van der Waals surface area contributed by atoms with Crippen molar-refractivity contribution in [2.45, 2.75) is 6.42 Å². The molecule has 0 atom stereocenters. The molecule has 126 valence electrons. The third-order valence-corrected chi connectivity index (χ3v) is 3.68. The van der Waals surface area contributed by atoms with Crippen molar-refractivity contribution < 1.29 is 9.90 Å². The highest BCUT2D eigenvalue weighted by Gasteiger charge is 2.10. The van der Waals surface area contributed by atoms with Crippen molar-refractivity contribution in [3.63, 3.8) is 0 Å². The van der Waals surface area contributed by atoms with Gasteiger partial charge in [0.2, 0.25) is 5.95 Å². The molecule has 3 aromatic heterocycles. The SMILES string of the molecule is CN(CCc1ccccn1)c1nccc(-c2cc(C(=O)O)ccn2)n1. The lowest BCUT2D eigenvalue weighted by Crippen LogP contribution is -2.23. The molecule has 3 aromatic rings. The summed E-state index contributed by atoms with van der Waals surface area (Å²) in [6.45, 7) is 0.711. The second kappa shape index (κ2) is 7.48. The topological polar surface area (TPSA) is 92.1 Å². The number of carboxylic acid groups (broad SMARTS) is 1. The monoisotopic (exact) mass is 335 g/mol. The van der Waals surface area contributed by atoms with Gasteiger partial charge in [-0.3, -0.25) is 9.97 Å². The number of pyridine rings is 2. The van der Waals surface area contributed by atoms with Gasteiger partial charge >= 0.3 is 5.97 Å². The highest BCUT2D eigenvalue weighted by atomic mass is 16.4. The first-order chi connectivity index (χ1) is 12.1. The van der Waals surface area contributed by atoms with Crippen LogP contribution in [0.1, 0.15) is 16.1 Å². The summed E-state index contributed by atoms with van der Waals surface area (Å²) in [6.07, 6.45) is 5.65. The van der Waals surface area contributed by atoms with Crippen molar-refractivity contribution >= 4 is 11.9 Å². The molecule has 0 bridgehead atoms. The minimum atomic E-state index is -0.995. The Balaban J connectivity index is 1.77. The number of hydrogen-bond donors (Lipinski definition) is 1. The van der Waals surface area contributed by atoms with Crippen LogP contribution in [0.3, 0.4) is 0 Å². The number of anilines is 1. The zero-order chi connectivity index (χ0) is 17.6. The third-order valence-electron chi connectivity index (χ3n) is 3.68. The van der Waals surface area contributed by atoms with Gasteiger partial charge in [-0.25, -0.2) is 14.8 Å². The van der Waals surface area contributed by atoms with Crippen LogP contribution in [0.4, 0.5) is 5.95 Å². The number of hydrogen-bond acceptors (Lipinski definition) is 6. The van der Waals surface area contributed by atoms with Crippen LogP contribution in [-0.2, 0) is 6.42 Å². The number of nitrogens with zero attached hydrogens (tertiary/aromatic N) is 5. The van der Waals surface area contributed by atoms with Crippen LogP contribution in [0, 0.1) is 0 Å². The molecule has 0 fully saturated rings. The molecule has 0 aliphatic rings. The number of aromatic carboxylic acids is 1. The van der Waals surface area contributed by atoms with Crippen LogP contribution < -0.4 is 4.90 Å². The van der Waals surface area contributed by atoms with Gasteiger partial charge in [-0.1, -0.05) is 6.07 Å². The normalized spacial score (nSPS) is 10.4. The lowest BCUT2D eigenvalue weighted by molar-refractivity contribution is 0.0697. The van der Waals surface area contributed by atoms with E-state index in [2.05, 4.69) is 19.9 Å². The van der Waals surface area contributed by atoms with Gasteiger partial charge in [0.1, 0.15) is 0 Å². The Morgan fingerprint density at radius 3 is 2.64 bits per heavy atom. The Morgan fingerprint density at radius 1 is 1.04 bits per heavy atom. The lowest BCUT2D eigenvalue weighted by Gasteiger charge is -2.17. The van der Waals surface area contributed by atoms with E-state index in [0.717, 1.165) is 12.1 Å². The van der Waals surface area contributed by atoms with E-state index in [1.807, 2.05) is 30.1 Å². The minimum Gasteiger partial charge on any atom is -0.478 e. The molecule has 0 unspecified atom stereocenters. The first-order valence-electron chi connectivity index (χ1n) is 7.77. The second-order valence-corrected chi connectivity index (χ2v) is 5.47. The van der Waals surface area contributed by atoms with Crippen molar-refractivity contribution in [3.8, 4) is 11.4 Å². The van der Waals surface area contributed by atoms with Crippen LogP contribution in [0.25, 0.3) is 11.4 Å². The van der Waals surface area contributed by atoms with Gasteiger partial charge in [0, 0.05) is 44.3 Å². The molecule has 0 spiro atoms. The maximum Gasteiger partial charge on any atom is 0.335 e. The first kappa shape index (κ1) is 16.5. The zero-order valence-electron chi connectivity index (χ0n) is 13.7. The average Bonchev–Trinajstić information content (AvgIpc) is 2.67. The summed E-state index contributed by atoms with van der Waals surface area (Å²) in [4.78, 5) is 30.3. The van der Waals surface area contributed by atoms with E-state index in [1.54, 1.807) is 18.5 Å². The average molecular weight is 335 g/mol. The number of carbonyl (C=O) groups is 1. The first-order valence-corrected chi connectivity index (χ1v) is 7.77. The van der Waals surface area contributed by atoms with E-state index >= 15 is 0 Å². The molecule has 3 rings (SSSR count). The predicted molar refractivity (Wildman–Crippen MR) is 93.4 cm³/mol. The molecule has 0 aliphatic heterocycles. The molecular formula is C18H17N5O2. The summed E-state index contributed by atoms with van der Waals surface area (Å²) in [7, 11) is 1.91. The summed E-state index contributed by atoms with van der Waals surface area (Å²) >= 11 is 0. The van der Waals surface area contributed by atoms with Crippen molar-refractivity contribution in [2.24, 2.45) is 0 Å². The molecule has 1 N–H and O–H groups in total. The van der Waals surface area contributed by atoms with Gasteiger partial charge in [-0.2, -0.15) is 0 Å². The molecule has 3 heterocycles. The lowest BCUT2D eigenvalue weighted by atomic mass is 10.2. The van der Waals surface area contributed by atoms with E-state index in [1.165, 1.54) is 18.3 Å². The fourth-order valence-corrected chi connectivity index (χ4v) is 2.31. The van der Waals surface area contributed by atoms with Crippen LogP contribution in [-0.4, -0.2) is 44.6 Å². The summed E-state index contributed by atoms with van der Waals surface area (Å²) in [5.41, 5.74) is 2.26. The molecule has 0 amide bonds. The molecule has 7 nitrogen and oxygen atoms in total. The molecule has 0 saturated heterocycles. The van der Waals surface area contributed by atoms with Gasteiger partial charge in [-0.15, -0.1) is 0 Å². The fraction of sp³-hybridized carbons (Fsp3) is 0.167. The summed E-state index contributed by atoms with van der Waals surface area (Å²) in [5, 5.41) is 9.10. The molecule has 0 radical (unpaired) electrons. The number of carboxylic acids is 1. The fourth-order valence-electron chi connectivity index (χ4n) is 2.31. The van der Waals surface area contributed by atoms with Crippen molar-refractivity contribution in [1.29, 1.82) is 0 Å². The van der Waals surface area contributed by atoms with Crippen molar-refractivity contribution in [3.05, 3.63) is 66.2 Å². The summed E-state index contributed by atoms with van der Waals surface area (Å²) < 4.78 is 0. The summed E-state index contributed by atoms with van der Waals surface area (Å²) in [5.74, 6) is -0.443. The second-order valence-electron chi connectivity index (χ2n) is 5.47. The largest absolute Gasteiger partial charge is 0.478 e. The van der Waals surface area contributed by atoms with Crippen LogP contribution >= 0.6 is 0 Å². The number of likely N-dealkylation sites (N-methyl/N-ethyl adjacent to an activating group) is 1. The molecule has 25 heavy (non-hydrogen) atoms. The number of rotatable bonds is 6. The third kappa shape index (κ3) is 4.14. The maximum absolute atomic E-state index is 11.1. The highest BCUT2D eigenvalue weighted by Crippen LogP contribution is 2.17. The Kier molecular flexibility index (Phi) is 4.94. The van der Waals surface area contributed by atoms with Gasteiger partial charge in [0.25, 0.3) is 0 Å². The molecule has 0 aliphatic carbocycles. The maximum atomic E-state index is 11.1. The van der Waals surface area contributed by atoms with Gasteiger partial charge < -0.3 is 10.0 Å². The Bertz CT molecular complexity index is 870. The van der Waals surface area contributed by atoms with Crippen LogP contribution in [0.2, 0.25) is 0 Å². The van der Waals surface area contributed by atoms with Gasteiger partial charge in [0.15, 0.2) is 0 Å². The van der Waals surface area contributed by atoms with E-state index in [4.69, 9.17) is 5.11 Å². The standard InChI is InChI=1S/C18H17N5O2/c1-23(11-7-14-4-2-3-8-19-14)18-21-10-6-15(22-18)16-12-13(17(24)25)5-9-20-16/h2-6,8-10,12H,7,11H2,1H3,(H,24,25). The highest BCUT2D eigenvalue weighted by molar-refractivity contribution is 5.88. The molecule has 0 aromatic carbocycles. The van der Waals surface area contributed by atoms with E-state index < -0.39 is 5.97 Å². The number of aromatic nitrogens is 4. The minimum absolute atomic E-state index is 0.175. The van der Waals surface area contributed by atoms with Crippen molar-refractivity contribution in [1.82, 2.24) is 19.9 Å². The van der Waals surface area contributed by atoms with Crippen LogP contribution in [0.15, 0.2) is 55.0 Å². The van der Waals surface area contributed by atoms with E-state index in [0.29, 0.717) is 23.9 Å². The Hall–Kier alpha value is -3.35. The summed E-state index contributed by atoms with van der Waals surface area (Å²) in [6, 6.07) is 10.5. The van der Waals surface area contributed by atoms with Gasteiger partial charge in [0.05, 0.1) is 17.0 Å². The zero-order valence-corrected chi connectivity index (χ0v) is 13.7. The van der Waals surface area contributed by atoms with E-state index in [-0.39, 0.29) is 5.56 Å². The Labute approximate surface area is 145 Å². The molecule has 7 heteroatoms. The Morgan fingerprint density at radius 2 is 1.88 bits per heavy atom. The quantitative estimate of drug-likeness (QED) is 0.739. The van der Waals surface area contributed by atoms with E-state index in [9.17, 15) is 4.79 Å².